The largest absolute Gasteiger partial charge is 0.358 e. The maximum Gasteiger partial charge on any atom is 0.0687 e. The van der Waals surface area contributed by atoms with E-state index in [2.05, 4.69) is 30.1 Å². The van der Waals surface area contributed by atoms with E-state index in [1.807, 2.05) is 26.0 Å². The first-order valence-corrected chi connectivity index (χ1v) is 5.51. The minimum absolute atomic E-state index is 0.310. The SMILES string of the molecule is Cc1[nH]c2ccccc2c1CC(C)(C)C#N. The molecule has 0 spiro atoms. The van der Waals surface area contributed by atoms with Crippen LogP contribution in [0.4, 0.5) is 0 Å². The van der Waals surface area contributed by atoms with Gasteiger partial charge in [0.1, 0.15) is 0 Å². The third-order valence-electron chi connectivity index (χ3n) is 2.95. The summed E-state index contributed by atoms with van der Waals surface area (Å²) in [5.41, 5.74) is 3.28. The summed E-state index contributed by atoms with van der Waals surface area (Å²) in [7, 11) is 0. The molecule has 0 amide bonds. The molecule has 0 aliphatic rings. The molecule has 0 radical (unpaired) electrons. The Morgan fingerprint density at radius 3 is 2.69 bits per heavy atom. The maximum absolute atomic E-state index is 9.10. The quantitative estimate of drug-likeness (QED) is 0.812. The van der Waals surface area contributed by atoms with Gasteiger partial charge in [0.2, 0.25) is 0 Å². The van der Waals surface area contributed by atoms with Crippen molar-refractivity contribution in [2.24, 2.45) is 5.41 Å². The number of H-pyrrole nitrogens is 1. The normalized spacial score (nSPS) is 11.6. The molecule has 0 bridgehead atoms. The van der Waals surface area contributed by atoms with Crippen LogP contribution in [0.1, 0.15) is 25.1 Å². The van der Waals surface area contributed by atoms with Gasteiger partial charge in [0.25, 0.3) is 0 Å². The lowest BCUT2D eigenvalue weighted by atomic mass is 9.86. The van der Waals surface area contributed by atoms with Gasteiger partial charge in [-0.05, 0) is 38.8 Å². The lowest BCUT2D eigenvalue weighted by molar-refractivity contribution is 0.494. The second kappa shape index (κ2) is 3.68. The maximum atomic E-state index is 9.10. The first kappa shape index (κ1) is 10.8. The van der Waals surface area contributed by atoms with E-state index < -0.39 is 0 Å². The second-order valence-electron chi connectivity index (χ2n) is 4.95. The molecule has 0 aliphatic carbocycles. The van der Waals surface area contributed by atoms with E-state index in [9.17, 15) is 0 Å². The lowest BCUT2D eigenvalue weighted by Crippen LogP contribution is -2.12. The molecule has 1 heterocycles. The summed E-state index contributed by atoms with van der Waals surface area (Å²) in [5, 5.41) is 10.3. The summed E-state index contributed by atoms with van der Waals surface area (Å²) in [6, 6.07) is 10.6. The topological polar surface area (TPSA) is 39.6 Å². The van der Waals surface area contributed by atoms with Gasteiger partial charge >= 0.3 is 0 Å². The summed E-state index contributed by atoms with van der Waals surface area (Å²) in [5.74, 6) is 0. The number of aromatic nitrogens is 1. The van der Waals surface area contributed by atoms with Crippen LogP contribution in [0.3, 0.4) is 0 Å². The summed E-state index contributed by atoms with van der Waals surface area (Å²) in [6.07, 6.45) is 0.791. The van der Waals surface area contributed by atoms with Crippen molar-refractivity contribution in [3.63, 3.8) is 0 Å². The highest BCUT2D eigenvalue weighted by molar-refractivity contribution is 5.84. The van der Waals surface area contributed by atoms with Gasteiger partial charge in [0.15, 0.2) is 0 Å². The van der Waals surface area contributed by atoms with Crippen molar-refractivity contribution >= 4 is 10.9 Å². The molecule has 0 saturated carbocycles. The Morgan fingerprint density at radius 2 is 2.00 bits per heavy atom. The minimum Gasteiger partial charge on any atom is -0.358 e. The van der Waals surface area contributed by atoms with Crippen molar-refractivity contribution in [2.45, 2.75) is 27.2 Å². The predicted molar refractivity (Wildman–Crippen MR) is 66.1 cm³/mol. The first-order valence-electron chi connectivity index (χ1n) is 5.51. The molecule has 0 saturated heterocycles. The van der Waals surface area contributed by atoms with Crippen LogP contribution in [0, 0.1) is 23.7 Å². The average Bonchev–Trinajstić information content (AvgIpc) is 2.56. The molecule has 0 fully saturated rings. The van der Waals surface area contributed by atoms with Crippen LogP contribution in [0.25, 0.3) is 10.9 Å². The van der Waals surface area contributed by atoms with E-state index in [-0.39, 0.29) is 5.41 Å². The third-order valence-corrected chi connectivity index (χ3v) is 2.95. The molecule has 0 atom stereocenters. The van der Waals surface area contributed by atoms with Crippen LogP contribution in [0.5, 0.6) is 0 Å². The van der Waals surface area contributed by atoms with Crippen LogP contribution in [-0.4, -0.2) is 4.98 Å². The molecular formula is C14H16N2. The number of nitriles is 1. The van der Waals surface area contributed by atoms with E-state index in [1.54, 1.807) is 0 Å². The molecule has 1 aromatic heterocycles. The highest BCUT2D eigenvalue weighted by atomic mass is 14.7. The molecule has 0 unspecified atom stereocenters. The van der Waals surface area contributed by atoms with Gasteiger partial charge in [0, 0.05) is 16.6 Å². The lowest BCUT2D eigenvalue weighted by Gasteiger charge is -2.14. The van der Waals surface area contributed by atoms with E-state index >= 15 is 0 Å². The fourth-order valence-electron chi connectivity index (χ4n) is 2.04. The Bertz CT molecular complexity index is 556. The number of aryl methyl sites for hydroxylation is 1. The Morgan fingerprint density at radius 1 is 1.31 bits per heavy atom. The highest BCUT2D eigenvalue weighted by Crippen LogP contribution is 2.28. The van der Waals surface area contributed by atoms with Gasteiger partial charge in [-0.15, -0.1) is 0 Å². The number of aromatic amines is 1. The molecule has 1 N–H and O–H groups in total. The molecule has 82 valence electrons. The molecule has 2 heteroatoms. The second-order valence-corrected chi connectivity index (χ2v) is 4.95. The van der Waals surface area contributed by atoms with Gasteiger partial charge in [-0.3, -0.25) is 0 Å². The molecule has 2 aromatic rings. The number of rotatable bonds is 2. The number of hydrogen-bond donors (Lipinski definition) is 1. The molecule has 2 nitrogen and oxygen atoms in total. The number of para-hydroxylation sites is 1. The Kier molecular flexibility index (Phi) is 2.47. The molecule has 2 rings (SSSR count). The number of nitrogens with zero attached hydrogens (tertiary/aromatic N) is 1. The van der Waals surface area contributed by atoms with Crippen molar-refractivity contribution in [1.82, 2.24) is 4.98 Å². The van der Waals surface area contributed by atoms with E-state index in [4.69, 9.17) is 5.26 Å². The molecular weight excluding hydrogens is 196 g/mol. The van der Waals surface area contributed by atoms with Gasteiger partial charge < -0.3 is 4.98 Å². The van der Waals surface area contributed by atoms with Crippen molar-refractivity contribution < 1.29 is 0 Å². The van der Waals surface area contributed by atoms with Gasteiger partial charge in [-0.2, -0.15) is 5.26 Å². The number of nitrogens with one attached hydrogen (secondary N) is 1. The monoisotopic (exact) mass is 212 g/mol. The zero-order valence-corrected chi connectivity index (χ0v) is 9.96. The molecule has 1 aromatic carbocycles. The van der Waals surface area contributed by atoms with Gasteiger partial charge in [-0.25, -0.2) is 0 Å². The Balaban J connectivity index is 2.53. The smallest absolute Gasteiger partial charge is 0.0687 e. The number of hydrogen-bond acceptors (Lipinski definition) is 1. The van der Waals surface area contributed by atoms with Crippen LogP contribution >= 0.6 is 0 Å². The molecule has 16 heavy (non-hydrogen) atoms. The Hall–Kier alpha value is -1.75. The summed E-state index contributed by atoms with van der Waals surface area (Å²) in [4.78, 5) is 3.36. The van der Waals surface area contributed by atoms with E-state index in [0.717, 1.165) is 11.9 Å². The van der Waals surface area contributed by atoms with Gasteiger partial charge in [-0.1, -0.05) is 18.2 Å². The number of benzene rings is 1. The van der Waals surface area contributed by atoms with Crippen LogP contribution in [0.15, 0.2) is 24.3 Å². The van der Waals surface area contributed by atoms with E-state index in [1.165, 1.54) is 16.6 Å². The third kappa shape index (κ3) is 1.81. The van der Waals surface area contributed by atoms with Crippen LogP contribution in [0.2, 0.25) is 0 Å². The fourth-order valence-corrected chi connectivity index (χ4v) is 2.04. The fraction of sp³-hybridized carbons (Fsp3) is 0.357. The highest BCUT2D eigenvalue weighted by Gasteiger charge is 2.20. The summed E-state index contributed by atoms with van der Waals surface area (Å²) < 4.78 is 0. The zero-order valence-electron chi connectivity index (χ0n) is 9.96. The van der Waals surface area contributed by atoms with Crippen molar-refractivity contribution in [3.05, 3.63) is 35.5 Å². The average molecular weight is 212 g/mol. The predicted octanol–water partition coefficient (Wildman–Crippen LogP) is 3.57. The van der Waals surface area contributed by atoms with Crippen molar-refractivity contribution in [2.75, 3.05) is 0 Å². The first-order chi connectivity index (χ1) is 7.53. The zero-order chi connectivity index (χ0) is 11.8. The summed E-state index contributed by atoms with van der Waals surface area (Å²) >= 11 is 0. The standard InChI is InChI=1S/C14H16N2/c1-10-12(8-14(2,3)9-15)11-6-4-5-7-13(11)16-10/h4-7,16H,8H2,1-3H3. The van der Waals surface area contributed by atoms with Gasteiger partial charge in [0.05, 0.1) is 11.5 Å². The van der Waals surface area contributed by atoms with Crippen molar-refractivity contribution in [3.8, 4) is 6.07 Å². The number of fused-ring (bicyclic) bond motifs is 1. The van der Waals surface area contributed by atoms with Crippen LogP contribution < -0.4 is 0 Å². The van der Waals surface area contributed by atoms with E-state index in [0.29, 0.717) is 0 Å². The minimum atomic E-state index is -0.310. The summed E-state index contributed by atoms with van der Waals surface area (Å²) in [6.45, 7) is 6.03. The Labute approximate surface area is 95.9 Å². The van der Waals surface area contributed by atoms with Crippen molar-refractivity contribution in [1.29, 1.82) is 5.26 Å². The van der Waals surface area contributed by atoms with Crippen LogP contribution in [-0.2, 0) is 6.42 Å². The molecule has 0 aliphatic heterocycles.